The number of ether oxygens (including phenoxy) is 6. The van der Waals surface area contributed by atoms with Gasteiger partial charge >= 0.3 is 11.8 Å². The number of aromatic hydroxyl groups is 1. The van der Waals surface area contributed by atoms with Crippen molar-refractivity contribution in [2.24, 2.45) is 23.7 Å². The van der Waals surface area contributed by atoms with Gasteiger partial charge in [0.15, 0.2) is 5.79 Å². The number of anilines is 1. The van der Waals surface area contributed by atoms with Crippen LogP contribution < -0.4 is 15.4 Å². The molecular formula is C47H56N2O12. The Bertz CT molecular complexity index is 2290. The average Bonchev–Trinajstić information content (AvgIpc) is 3.46. The van der Waals surface area contributed by atoms with Gasteiger partial charge < -0.3 is 44.2 Å². The number of methoxy groups -OCH3 is 1. The Morgan fingerprint density at radius 1 is 0.885 bits per heavy atom. The number of phenolic OH excluding ortho intramolecular Hbond substituents is 1. The Balaban J connectivity index is 1.51. The molecule has 1 fully saturated rings. The maximum atomic E-state index is 14.8. The summed E-state index contributed by atoms with van der Waals surface area (Å²) < 4.78 is 37.1. The third-order valence-corrected chi connectivity index (χ3v) is 12.0. The van der Waals surface area contributed by atoms with Crippen LogP contribution in [0, 0.1) is 37.5 Å². The van der Waals surface area contributed by atoms with Crippen molar-refractivity contribution in [2.45, 2.75) is 112 Å². The van der Waals surface area contributed by atoms with Crippen LogP contribution in [0.4, 0.5) is 5.69 Å². The van der Waals surface area contributed by atoms with Gasteiger partial charge in [0.25, 0.3) is 11.7 Å². The first-order chi connectivity index (χ1) is 28.6. The zero-order valence-electron chi connectivity index (χ0n) is 36.8. The van der Waals surface area contributed by atoms with Crippen LogP contribution in [-0.4, -0.2) is 77.4 Å². The Kier molecular flexibility index (Phi) is 12.6. The molecular weight excluding hydrogens is 785 g/mol. The third-order valence-electron chi connectivity index (χ3n) is 12.0. The van der Waals surface area contributed by atoms with Gasteiger partial charge in [-0.25, -0.2) is 0 Å². The first-order valence-electron chi connectivity index (χ1n) is 20.5. The molecule has 0 radical (unpaired) electrons. The fraction of sp³-hybridized carbons (Fsp3) is 0.468. The first-order valence-corrected chi connectivity index (χ1v) is 20.5. The van der Waals surface area contributed by atoms with Crippen LogP contribution in [0.15, 0.2) is 71.8 Å². The molecule has 14 nitrogen and oxygen atoms in total. The number of hydrogen-bond acceptors (Lipinski definition) is 13. The van der Waals surface area contributed by atoms with Gasteiger partial charge in [-0.1, -0.05) is 58.1 Å². The second kappa shape index (κ2) is 17.1. The molecule has 4 aliphatic heterocycles. The number of amides is 1. The summed E-state index contributed by atoms with van der Waals surface area (Å²) in [6, 6.07) is 7.03. The van der Waals surface area contributed by atoms with E-state index in [1.807, 2.05) is 60.6 Å². The molecule has 2 aromatic carbocycles. The minimum absolute atomic E-state index is 0.0107. The molecule has 0 aromatic heterocycles. The van der Waals surface area contributed by atoms with Gasteiger partial charge in [0.2, 0.25) is 11.6 Å². The first kappa shape index (κ1) is 45.0. The van der Waals surface area contributed by atoms with Crippen LogP contribution >= 0.6 is 0 Å². The summed E-state index contributed by atoms with van der Waals surface area (Å²) in [7, 11) is 1.50. The third kappa shape index (κ3) is 8.53. The average molecular weight is 841 g/mol. The summed E-state index contributed by atoms with van der Waals surface area (Å²) in [5, 5.41) is 17.2. The van der Waals surface area contributed by atoms with Crippen molar-refractivity contribution in [1.29, 1.82) is 0 Å². The highest BCUT2D eigenvalue weighted by Crippen LogP contribution is 2.49. The molecule has 0 saturated carbocycles. The lowest BCUT2D eigenvalue weighted by molar-refractivity contribution is -0.336. The molecule has 14 heteroatoms. The molecule has 7 rings (SSSR count). The van der Waals surface area contributed by atoms with Gasteiger partial charge in [0.1, 0.15) is 29.0 Å². The van der Waals surface area contributed by atoms with Crippen molar-refractivity contribution in [1.82, 2.24) is 5.32 Å². The molecule has 0 unspecified atom stereocenters. The van der Waals surface area contributed by atoms with Crippen molar-refractivity contribution in [3.8, 4) is 11.5 Å². The molecule has 7 bridgehead atoms. The monoisotopic (exact) mass is 840 g/mol. The summed E-state index contributed by atoms with van der Waals surface area (Å²) in [6.45, 7) is 19.1. The van der Waals surface area contributed by atoms with Crippen molar-refractivity contribution < 1.29 is 57.5 Å². The highest BCUT2D eigenvalue weighted by molar-refractivity contribution is 6.33. The van der Waals surface area contributed by atoms with E-state index in [0.717, 1.165) is 5.56 Å². The SMILES string of the molecule is CO[C@H]1/C=C/O[C@@]2(C)Oc3c(C)c(O)c4c(c3C2=O)C(=O)C(Nc2cccc(C)c2)=C(NC(=O)/C(C)=C\C=C\[C@H](C)[C@@H]2OC(C)(C)O[C@H]([C@H](C)[C@H](OC(C)=O)[C@@H]1C)[C@@H]2C)C4=O. The van der Waals surface area contributed by atoms with Gasteiger partial charge in [-0.3, -0.25) is 24.0 Å². The van der Waals surface area contributed by atoms with Gasteiger partial charge in [-0.2, -0.15) is 0 Å². The summed E-state index contributed by atoms with van der Waals surface area (Å²) in [5.41, 5.74) is -0.358. The summed E-state index contributed by atoms with van der Waals surface area (Å²) >= 11 is 0. The number of phenols is 1. The lowest BCUT2D eigenvalue weighted by Crippen LogP contribution is -2.56. The van der Waals surface area contributed by atoms with E-state index in [0.29, 0.717) is 5.69 Å². The normalized spacial score (nSPS) is 32.2. The van der Waals surface area contributed by atoms with Gasteiger partial charge in [0, 0.05) is 61.5 Å². The molecule has 3 N–H and O–H groups in total. The van der Waals surface area contributed by atoms with Crippen LogP contribution in [0.5, 0.6) is 11.5 Å². The standard InChI is InChI=1S/C47H56N2O12/c1-22-15-13-18-30(21-22)48-35-36-39(53)33-32(38(35)52)34-43(26(5)37(33)51)61-47(11,44(34)54)57-20-19-31(56-12)25(4)41(58-29(8)50)28(7)42-27(6)40(59-46(9,10)60-42)23(2)16-14-17-24(3)45(55)49-36/h13-21,23,25,27-28,31,40-42,48,51H,1-12H3,(H,49,55)/b16-14+,20-19+,24-17-/t23-,25+,27+,28+,31-,40-,41+,42-,47-/m0/s1. The number of hydrogen-bond donors (Lipinski definition) is 3. The number of carbonyl (C=O) groups is 5. The van der Waals surface area contributed by atoms with Gasteiger partial charge in [-0.15, -0.1) is 0 Å². The van der Waals surface area contributed by atoms with E-state index in [1.165, 1.54) is 34.1 Å². The number of Topliss-reactive ketones (excluding diaryl/α,β-unsaturated/α-hetero) is 3. The van der Waals surface area contributed by atoms with Crippen LogP contribution in [0.25, 0.3) is 0 Å². The Hall–Kier alpha value is -5.57. The van der Waals surface area contributed by atoms with Crippen molar-refractivity contribution in [2.75, 3.05) is 12.4 Å². The zero-order valence-corrected chi connectivity index (χ0v) is 36.8. The van der Waals surface area contributed by atoms with E-state index in [2.05, 4.69) is 10.6 Å². The number of carbonyl (C=O) groups excluding carboxylic acids is 5. The molecule has 1 amide bonds. The van der Waals surface area contributed by atoms with Crippen LogP contribution in [-0.2, 0) is 33.3 Å². The smallest absolute Gasteiger partial charge is 0.312 e. The van der Waals surface area contributed by atoms with E-state index in [9.17, 15) is 29.1 Å². The Morgan fingerprint density at radius 2 is 1.57 bits per heavy atom. The number of allylic oxidation sites excluding steroid dienone is 4. The number of esters is 1. The highest BCUT2D eigenvalue weighted by atomic mass is 16.7. The number of nitrogens with one attached hydrogen (secondary N) is 2. The number of fused-ring (bicyclic) bond motifs is 10. The fourth-order valence-electron chi connectivity index (χ4n) is 8.76. The molecule has 0 spiro atoms. The van der Waals surface area contributed by atoms with E-state index < -0.39 is 87.6 Å². The largest absolute Gasteiger partial charge is 0.507 e. The topological polar surface area (TPSA) is 185 Å². The maximum absolute atomic E-state index is 14.8. The minimum atomic E-state index is -2.06. The minimum Gasteiger partial charge on any atom is -0.507 e. The molecule has 1 saturated heterocycles. The number of benzene rings is 2. The van der Waals surface area contributed by atoms with Crippen molar-refractivity contribution in [3.05, 3.63) is 99.6 Å². The predicted octanol–water partition coefficient (Wildman–Crippen LogP) is 7.18. The summed E-state index contributed by atoms with van der Waals surface area (Å²) in [5.74, 6) is -8.76. The fourth-order valence-corrected chi connectivity index (χ4v) is 8.76. The quantitative estimate of drug-likeness (QED) is 0.264. The van der Waals surface area contributed by atoms with E-state index in [4.69, 9.17) is 28.4 Å². The van der Waals surface area contributed by atoms with Crippen molar-refractivity contribution >= 4 is 34.9 Å². The molecule has 326 valence electrons. The number of ketones is 3. The summed E-state index contributed by atoms with van der Waals surface area (Å²) in [4.78, 5) is 70.3. The predicted molar refractivity (Wildman–Crippen MR) is 225 cm³/mol. The second-order valence-corrected chi connectivity index (χ2v) is 17.1. The molecule has 5 aliphatic rings. The molecule has 4 heterocycles. The van der Waals surface area contributed by atoms with E-state index >= 15 is 0 Å². The highest BCUT2D eigenvalue weighted by Gasteiger charge is 2.53. The Labute approximate surface area is 356 Å². The number of aryl methyl sites for hydroxylation is 1. The van der Waals surface area contributed by atoms with Crippen LogP contribution in [0.3, 0.4) is 0 Å². The van der Waals surface area contributed by atoms with Gasteiger partial charge in [0.05, 0.1) is 41.3 Å². The van der Waals surface area contributed by atoms with E-state index in [-0.39, 0.29) is 52.0 Å². The lowest BCUT2D eigenvalue weighted by Gasteiger charge is -2.50. The lowest BCUT2D eigenvalue weighted by atomic mass is 9.77. The van der Waals surface area contributed by atoms with Crippen LogP contribution in [0.2, 0.25) is 0 Å². The van der Waals surface area contributed by atoms with Crippen molar-refractivity contribution in [3.63, 3.8) is 0 Å². The van der Waals surface area contributed by atoms with E-state index in [1.54, 1.807) is 43.4 Å². The Morgan fingerprint density at radius 3 is 2.23 bits per heavy atom. The summed E-state index contributed by atoms with van der Waals surface area (Å²) in [6.07, 6.45) is 5.77. The van der Waals surface area contributed by atoms with Crippen LogP contribution in [0.1, 0.15) is 105 Å². The zero-order chi connectivity index (χ0) is 44.9. The molecule has 61 heavy (non-hydrogen) atoms. The van der Waals surface area contributed by atoms with Gasteiger partial charge in [-0.05, 0) is 58.4 Å². The maximum Gasteiger partial charge on any atom is 0.312 e. The second-order valence-electron chi connectivity index (χ2n) is 17.1. The molecule has 2 aromatic rings. The molecule has 1 aliphatic carbocycles. The number of rotatable bonds is 4. The molecule has 9 atom stereocenters.